The number of aromatic hydroxyl groups is 2. The number of carbonyl (C=O) groups excluding carboxylic acids is 3. The molecule has 290 valence electrons. The number of methoxy groups -OCH3 is 1. The lowest BCUT2D eigenvalue weighted by Crippen LogP contribution is -2.56. The summed E-state index contributed by atoms with van der Waals surface area (Å²) < 4.78 is 18.1. The second kappa shape index (κ2) is 16.0. The topological polar surface area (TPSA) is 163 Å². The van der Waals surface area contributed by atoms with Crippen LogP contribution in [0.1, 0.15) is 86.9 Å². The molecule has 1 fully saturated rings. The minimum Gasteiger partial charge on any atom is -0.507 e. The fourth-order valence-electron chi connectivity index (χ4n) is 8.09. The number of nitrogens with zero attached hydrogens (tertiary/aromatic N) is 1. The van der Waals surface area contributed by atoms with Crippen molar-refractivity contribution in [2.24, 2.45) is 0 Å². The zero-order valence-corrected chi connectivity index (χ0v) is 31.4. The summed E-state index contributed by atoms with van der Waals surface area (Å²) in [4.78, 5) is 43.0. The molecule has 0 amide bonds. The number of hydrogen-bond donors (Lipinski definition) is 4. The van der Waals surface area contributed by atoms with E-state index >= 15 is 0 Å². The quantitative estimate of drug-likeness (QED) is 0.121. The lowest BCUT2D eigenvalue weighted by molar-refractivity contribution is -0.257. The van der Waals surface area contributed by atoms with Gasteiger partial charge in [-0.1, -0.05) is 97.1 Å². The van der Waals surface area contributed by atoms with Gasteiger partial charge in [0.05, 0.1) is 42.1 Å². The molecule has 0 spiro atoms. The van der Waals surface area contributed by atoms with Crippen molar-refractivity contribution >= 4 is 29.5 Å². The molecule has 0 unspecified atom stereocenters. The van der Waals surface area contributed by atoms with E-state index in [0.29, 0.717) is 13.1 Å². The summed E-state index contributed by atoms with van der Waals surface area (Å²) in [5, 5.41) is 46.9. The van der Waals surface area contributed by atoms with Crippen molar-refractivity contribution in [1.82, 2.24) is 4.90 Å². The van der Waals surface area contributed by atoms with Crippen LogP contribution < -0.4 is 4.74 Å². The van der Waals surface area contributed by atoms with E-state index in [-0.39, 0.29) is 40.8 Å². The highest BCUT2D eigenvalue weighted by Gasteiger charge is 2.50. The highest BCUT2D eigenvalue weighted by molar-refractivity contribution is 6.31. The number of Topliss-reactive ketones (excluding diaryl/α,β-unsaturated/α-hetero) is 1. The highest BCUT2D eigenvalue weighted by atomic mass is 16.7. The molecule has 4 N–H and O–H groups in total. The Hall–Kier alpha value is -5.43. The van der Waals surface area contributed by atoms with Crippen LogP contribution in [0, 0.1) is 0 Å². The standard InChI is InChI=1S/C45H45NO10/c1-26-40(48)32(46(21-11-17-28-13-6-4-7-14-28)22-12-18-29-15-8-5-9-16-29)23-35(55-26)56-34-25-45(53,27(2)47)24-31-37(34)44(52)39-38(42(31)50)41(49)30-19-10-20-33(54-3)36(30)43(39)51/h4-20,26,32,34-35,40,48,50,52-53H,21-25H2,1-3H3/t26-,32-,34-,35-,40+,45-/m0/s1. The first-order chi connectivity index (χ1) is 26.9. The monoisotopic (exact) mass is 759 g/mol. The molecule has 1 saturated heterocycles. The van der Waals surface area contributed by atoms with Gasteiger partial charge in [-0.15, -0.1) is 0 Å². The van der Waals surface area contributed by atoms with Crippen LogP contribution in [0.4, 0.5) is 0 Å². The Bertz CT molecular complexity index is 2150. The fourth-order valence-corrected chi connectivity index (χ4v) is 8.09. The van der Waals surface area contributed by atoms with Crippen molar-refractivity contribution in [3.8, 4) is 17.2 Å². The number of aliphatic hydroxyl groups is 2. The van der Waals surface area contributed by atoms with Crippen LogP contribution in [-0.2, 0) is 20.7 Å². The lowest BCUT2D eigenvalue weighted by atomic mass is 9.72. The van der Waals surface area contributed by atoms with Crippen LogP contribution in [0.2, 0.25) is 0 Å². The molecule has 6 atom stereocenters. The van der Waals surface area contributed by atoms with Gasteiger partial charge >= 0.3 is 0 Å². The average molecular weight is 760 g/mol. The van der Waals surface area contributed by atoms with Gasteiger partial charge in [-0.3, -0.25) is 19.3 Å². The van der Waals surface area contributed by atoms with Gasteiger partial charge in [-0.25, -0.2) is 0 Å². The maximum absolute atomic E-state index is 14.1. The number of phenolic OH excluding ortho intramolecular Hbond substituents is 2. The number of ketones is 3. The van der Waals surface area contributed by atoms with Crippen LogP contribution in [0.5, 0.6) is 17.2 Å². The second-order valence-electron chi connectivity index (χ2n) is 14.6. The predicted octanol–water partition coefficient (Wildman–Crippen LogP) is 5.80. The van der Waals surface area contributed by atoms with Crippen LogP contribution in [0.3, 0.4) is 0 Å². The molecule has 11 heteroatoms. The summed E-state index contributed by atoms with van der Waals surface area (Å²) in [7, 11) is 1.36. The number of hydrogen-bond acceptors (Lipinski definition) is 11. The fraction of sp³-hybridized carbons (Fsp3) is 0.311. The molecule has 3 aliphatic rings. The van der Waals surface area contributed by atoms with Gasteiger partial charge in [-0.2, -0.15) is 0 Å². The molecule has 11 nitrogen and oxygen atoms in total. The number of carbonyl (C=O) groups is 3. The molecule has 4 aromatic carbocycles. The summed E-state index contributed by atoms with van der Waals surface area (Å²) in [6, 6.07) is 23.7. The Morgan fingerprint density at radius 1 is 0.875 bits per heavy atom. The summed E-state index contributed by atoms with van der Waals surface area (Å²) in [5.74, 6) is -3.17. The van der Waals surface area contributed by atoms with E-state index in [2.05, 4.69) is 4.90 Å². The van der Waals surface area contributed by atoms with Crippen molar-refractivity contribution in [3.63, 3.8) is 0 Å². The molecule has 7 rings (SSSR count). The molecule has 0 radical (unpaired) electrons. The zero-order valence-electron chi connectivity index (χ0n) is 31.4. The van der Waals surface area contributed by atoms with Crippen LogP contribution in [-0.4, -0.2) is 93.0 Å². The number of phenols is 2. The van der Waals surface area contributed by atoms with E-state index in [0.717, 1.165) is 11.1 Å². The molecule has 1 aliphatic heterocycles. The smallest absolute Gasteiger partial charge is 0.202 e. The minimum atomic E-state index is -2.05. The predicted molar refractivity (Wildman–Crippen MR) is 209 cm³/mol. The van der Waals surface area contributed by atoms with Gasteiger partial charge in [-0.05, 0) is 31.0 Å². The molecule has 0 bridgehead atoms. The number of rotatable bonds is 11. The first-order valence-electron chi connectivity index (χ1n) is 18.7. The van der Waals surface area contributed by atoms with Gasteiger partial charge in [0.15, 0.2) is 17.9 Å². The van der Waals surface area contributed by atoms with E-state index in [1.165, 1.54) is 32.2 Å². The molecule has 2 aliphatic carbocycles. The summed E-state index contributed by atoms with van der Waals surface area (Å²) >= 11 is 0. The second-order valence-corrected chi connectivity index (χ2v) is 14.6. The number of benzene rings is 4. The summed E-state index contributed by atoms with van der Waals surface area (Å²) in [6.45, 7) is 3.87. The van der Waals surface area contributed by atoms with Crippen molar-refractivity contribution < 1.29 is 49.0 Å². The van der Waals surface area contributed by atoms with Crippen molar-refractivity contribution in [2.75, 3.05) is 20.2 Å². The van der Waals surface area contributed by atoms with Crippen molar-refractivity contribution in [2.45, 2.75) is 69.4 Å². The van der Waals surface area contributed by atoms with Gasteiger partial charge < -0.3 is 34.6 Å². The lowest BCUT2D eigenvalue weighted by Gasteiger charge is -2.45. The molecule has 1 heterocycles. The molecular weight excluding hydrogens is 714 g/mol. The third kappa shape index (κ3) is 7.32. The molecule has 4 aromatic rings. The Kier molecular flexibility index (Phi) is 11.1. The number of aliphatic hydroxyl groups excluding tert-OH is 1. The highest BCUT2D eigenvalue weighted by Crippen LogP contribution is 2.52. The first-order valence-corrected chi connectivity index (χ1v) is 18.7. The van der Waals surface area contributed by atoms with Crippen molar-refractivity contribution in [1.29, 1.82) is 0 Å². The first kappa shape index (κ1) is 38.8. The molecule has 0 saturated carbocycles. The van der Waals surface area contributed by atoms with Crippen LogP contribution in [0.25, 0.3) is 12.2 Å². The van der Waals surface area contributed by atoms with Crippen LogP contribution in [0.15, 0.2) is 91.0 Å². The zero-order chi connectivity index (χ0) is 39.7. The van der Waals surface area contributed by atoms with Crippen LogP contribution >= 0.6 is 0 Å². The maximum atomic E-state index is 14.1. The van der Waals surface area contributed by atoms with Gasteiger partial charge in [0.2, 0.25) is 5.78 Å². The van der Waals surface area contributed by atoms with Gasteiger partial charge in [0, 0.05) is 55.1 Å². The average Bonchev–Trinajstić information content (AvgIpc) is 3.19. The van der Waals surface area contributed by atoms with Gasteiger partial charge in [0.1, 0.15) is 22.8 Å². The minimum absolute atomic E-state index is 0.0158. The molecule has 56 heavy (non-hydrogen) atoms. The van der Waals surface area contributed by atoms with E-state index in [9.17, 15) is 34.8 Å². The summed E-state index contributed by atoms with van der Waals surface area (Å²) in [5.41, 5.74) is -1.02. The maximum Gasteiger partial charge on any atom is 0.202 e. The third-order valence-corrected chi connectivity index (χ3v) is 11.1. The Labute approximate surface area is 325 Å². The number of ether oxygens (including phenoxy) is 3. The Morgan fingerprint density at radius 3 is 2.07 bits per heavy atom. The molecule has 0 aromatic heterocycles. The third-order valence-electron chi connectivity index (χ3n) is 11.1. The molecular formula is C45H45NO10. The Balaban J connectivity index is 1.23. The Morgan fingerprint density at radius 2 is 1.48 bits per heavy atom. The largest absolute Gasteiger partial charge is 0.507 e. The van der Waals surface area contributed by atoms with E-state index < -0.39 is 82.6 Å². The normalized spacial score (nSPS) is 24.6. The van der Waals surface area contributed by atoms with E-state index in [1.807, 2.05) is 85.0 Å². The van der Waals surface area contributed by atoms with E-state index in [1.54, 1.807) is 6.92 Å². The SMILES string of the molecule is COc1cccc2c1C(=O)c1c(O)c3c(c(O)c1C2=O)C[C@@](O)(C(C)=O)C[C@@H]3O[C@H]1C[C@H](N(CC=Cc2ccccc2)CC=Cc2ccccc2)[C@H](O)[C@H](C)O1. The van der Waals surface area contributed by atoms with Crippen molar-refractivity contribution in [3.05, 3.63) is 136 Å². The number of fused-ring (bicyclic) bond motifs is 3. The van der Waals surface area contributed by atoms with E-state index in [4.69, 9.17) is 14.2 Å². The summed E-state index contributed by atoms with van der Waals surface area (Å²) in [6.07, 6.45) is 3.48. The van der Waals surface area contributed by atoms with Gasteiger partial charge in [0.25, 0.3) is 0 Å².